The lowest BCUT2D eigenvalue weighted by molar-refractivity contribution is 0.0697. The molecular formula is C13H17ClO3S. The van der Waals surface area contributed by atoms with Crippen LogP contribution in [0.4, 0.5) is 0 Å². The molecule has 0 heterocycles. The average molecular weight is 289 g/mol. The zero-order valence-electron chi connectivity index (χ0n) is 10.5. The van der Waals surface area contributed by atoms with Crippen molar-refractivity contribution in [2.24, 2.45) is 5.92 Å². The lowest BCUT2D eigenvalue weighted by atomic mass is 10.1. The van der Waals surface area contributed by atoms with E-state index in [-0.39, 0.29) is 10.6 Å². The third-order valence-electron chi connectivity index (χ3n) is 2.65. The fourth-order valence-electron chi connectivity index (χ4n) is 1.74. The summed E-state index contributed by atoms with van der Waals surface area (Å²) in [7, 11) is -1.17. The minimum Gasteiger partial charge on any atom is -0.478 e. The van der Waals surface area contributed by atoms with E-state index in [1.54, 1.807) is 6.07 Å². The van der Waals surface area contributed by atoms with Gasteiger partial charge in [0, 0.05) is 10.6 Å². The lowest BCUT2D eigenvalue weighted by Crippen LogP contribution is -2.09. The summed E-state index contributed by atoms with van der Waals surface area (Å²) < 4.78 is 12.1. The van der Waals surface area contributed by atoms with Gasteiger partial charge in [0.2, 0.25) is 0 Å². The zero-order valence-corrected chi connectivity index (χ0v) is 12.1. The fraction of sp³-hybridized carbons (Fsp3) is 0.462. The molecule has 2 atom stereocenters. The Balaban J connectivity index is 2.87. The standard InChI is InChI=1S/C13H17ClO3S/c1-3-4-9(2)8-18(17)10-5-6-12(14)11(7-10)13(15)16/h5-7,9H,3-4,8H2,1-2H3,(H,15,16). The summed E-state index contributed by atoms with van der Waals surface area (Å²) in [6.45, 7) is 4.14. The van der Waals surface area contributed by atoms with E-state index in [1.807, 2.05) is 0 Å². The Labute approximate surface area is 115 Å². The maximum Gasteiger partial charge on any atom is 0.337 e. The van der Waals surface area contributed by atoms with Gasteiger partial charge >= 0.3 is 5.97 Å². The summed E-state index contributed by atoms with van der Waals surface area (Å²) in [4.78, 5) is 11.5. The molecule has 1 aromatic rings. The van der Waals surface area contributed by atoms with Crippen molar-refractivity contribution in [3.8, 4) is 0 Å². The van der Waals surface area contributed by atoms with Crippen molar-refractivity contribution in [3.63, 3.8) is 0 Å². The molecule has 1 N–H and O–H groups in total. The average Bonchev–Trinajstić information content (AvgIpc) is 2.29. The first-order valence-corrected chi connectivity index (χ1v) is 7.56. The number of carboxylic acid groups (broad SMARTS) is 1. The maximum absolute atomic E-state index is 12.1. The van der Waals surface area contributed by atoms with Gasteiger partial charge in [0.15, 0.2) is 0 Å². The number of aromatic carboxylic acids is 1. The van der Waals surface area contributed by atoms with E-state index in [0.29, 0.717) is 16.6 Å². The van der Waals surface area contributed by atoms with E-state index in [4.69, 9.17) is 16.7 Å². The Morgan fingerprint density at radius 1 is 1.50 bits per heavy atom. The second-order valence-corrected chi connectivity index (χ2v) is 6.26. The van der Waals surface area contributed by atoms with Crippen molar-refractivity contribution in [1.82, 2.24) is 0 Å². The first-order valence-electron chi connectivity index (χ1n) is 5.87. The highest BCUT2D eigenvalue weighted by molar-refractivity contribution is 7.85. The van der Waals surface area contributed by atoms with Crippen LogP contribution in [0.5, 0.6) is 0 Å². The molecule has 2 unspecified atom stereocenters. The van der Waals surface area contributed by atoms with Crippen LogP contribution in [0.25, 0.3) is 0 Å². The minimum absolute atomic E-state index is 0.00524. The minimum atomic E-state index is -1.17. The zero-order chi connectivity index (χ0) is 13.7. The number of benzene rings is 1. The van der Waals surface area contributed by atoms with Gasteiger partial charge in [0.25, 0.3) is 0 Å². The van der Waals surface area contributed by atoms with E-state index < -0.39 is 16.8 Å². The number of hydrogen-bond acceptors (Lipinski definition) is 2. The fourth-order valence-corrected chi connectivity index (χ4v) is 3.28. The summed E-state index contributed by atoms with van der Waals surface area (Å²) in [6.07, 6.45) is 2.07. The number of carbonyl (C=O) groups is 1. The van der Waals surface area contributed by atoms with Gasteiger partial charge in [-0.1, -0.05) is 38.3 Å². The van der Waals surface area contributed by atoms with Crippen molar-refractivity contribution in [2.45, 2.75) is 31.6 Å². The highest BCUT2D eigenvalue weighted by atomic mass is 35.5. The lowest BCUT2D eigenvalue weighted by Gasteiger charge is -2.10. The predicted molar refractivity (Wildman–Crippen MR) is 73.8 cm³/mol. The predicted octanol–water partition coefficient (Wildman–Crippen LogP) is 3.58. The van der Waals surface area contributed by atoms with Crippen molar-refractivity contribution < 1.29 is 14.1 Å². The topological polar surface area (TPSA) is 54.4 Å². The van der Waals surface area contributed by atoms with Crippen molar-refractivity contribution in [2.75, 3.05) is 5.75 Å². The van der Waals surface area contributed by atoms with E-state index in [1.165, 1.54) is 12.1 Å². The SMILES string of the molecule is CCCC(C)CS(=O)c1ccc(Cl)c(C(=O)O)c1. The van der Waals surface area contributed by atoms with Crippen LogP contribution in [-0.4, -0.2) is 21.0 Å². The molecule has 0 saturated heterocycles. The summed E-state index contributed by atoms with van der Waals surface area (Å²) in [6, 6.07) is 4.52. The molecule has 100 valence electrons. The van der Waals surface area contributed by atoms with E-state index >= 15 is 0 Å². The van der Waals surface area contributed by atoms with Crippen LogP contribution in [0.1, 0.15) is 37.0 Å². The molecule has 3 nitrogen and oxygen atoms in total. The Bertz CT molecular complexity index is 460. The third kappa shape index (κ3) is 4.10. The first-order chi connectivity index (χ1) is 8.45. The van der Waals surface area contributed by atoms with Crippen LogP contribution in [0.3, 0.4) is 0 Å². The quantitative estimate of drug-likeness (QED) is 0.870. The Morgan fingerprint density at radius 3 is 2.72 bits per heavy atom. The number of rotatable bonds is 6. The number of halogens is 1. The number of hydrogen-bond donors (Lipinski definition) is 1. The molecule has 0 aromatic heterocycles. The highest BCUT2D eigenvalue weighted by Crippen LogP contribution is 2.21. The van der Waals surface area contributed by atoms with Crippen LogP contribution in [0.2, 0.25) is 5.02 Å². The van der Waals surface area contributed by atoms with Crippen LogP contribution < -0.4 is 0 Å². The van der Waals surface area contributed by atoms with Gasteiger partial charge in [-0.25, -0.2) is 4.79 Å². The molecule has 0 bridgehead atoms. The molecule has 0 amide bonds. The van der Waals surface area contributed by atoms with Crippen LogP contribution in [-0.2, 0) is 10.8 Å². The monoisotopic (exact) mass is 288 g/mol. The molecule has 0 radical (unpaired) electrons. The second kappa shape index (κ2) is 6.90. The van der Waals surface area contributed by atoms with Crippen LogP contribution in [0, 0.1) is 5.92 Å². The van der Waals surface area contributed by atoms with E-state index in [2.05, 4.69) is 13.8 Å². The van der Waals surface area contributed by atoms with Crippen molar-refractivity contribution >= 4 is 28.4 Å². The van der Waals surface area contributed by atoms with E-state index in [0.717, 1.165) is 12.8 Å². The van der Waals surface area contributed by atoms with Gasteiger partial charge in [0.05, 0.1) is 21.4 Å². The van der Waals surface area contributed by atoms with Gasteiger partial charge in [-0.15, -0.1) is 0 Å². The third-order valence-corrected chi connectivity index (χ3v) is 4.63. The largest absolute Gasteiger partial charge is 0.478 e. The summed E-state index contributed by atoms with van der Waals surface area (Å²) in [5, 5.41) is 9.13. The molecule has 0 aliphatic rings. The maximum atomic E-state index is 12.1. The molecule has 0 fully saturated rings. The van der Waals surface area contributed by atoms with Crippen molar-refractivity contribution in [1.29, 1.82) is 0 Å². The number of carboxylic acids is 1. The van der Waals surface area contributed by atoms with Gasteiger partial charge in [-0.3, -0.25) is 4.21 Å². The summed E-state index contributed by atoms with van der Waals surface area (Å²) >= 11 is 5.77. The molecule has 0 aliphatic carbocycles. The van der Waals surface area contributed by atoms with Gasteiger partial charge < -0.3 is 5.11 Å². The van der Waals surface area contributed by atoms with E-state index in [9.17, 15) is 9.00 Å². The van der Waals surface area contributed by atoms with Gasteiger partial charge in [-0.2, -0.15) is 0 Å². The van der Waals surface area contributed by atoms with Crippen molar-refractivity contribution in [3.05, 3.63) is 28.8 Å². The Hall–Kier alpha value is -0.870. The normalized spacial score (nSPS) is 14.2. The smallest absolute Gasteiger partial charge is 0.337 e. The van der Waals surface area contributed by atoms with Crippen LogP contribution in [0.15, 0.2) is 23.1 Å². The Kier molecular flexibility index (Phi) is 5.82. The Morgan fingerprint density at radius 2 is 2.17 bits per heavy atom. The molecule has 0 aliphatic heterocycles. The van der Waals surface area contributed by atoms with Gasteiger partial charge in [-0.05, 0) is 24.1 Å². The molecule has 0 spiro atoms. The highest BCUT2D eigenvalue weighted by Gasteiger charge is 2.14. The first kappa shape index (κ1) is 15.2. The molecule has 1 aromatic carbocycles. The molecule has 0 saturated carbocycles. The molecular weight excluding hydrogens is 272 g/mol. The molecule has 18 heavy (non-hydrogen) atoms. The van der Waals surface area contributed by atoms with Crippen LogP contribution >= 0.6 is 11.6 Å². The summed E-state index contributed by atoms with van der Waals surface area (Å²) in [5.41, 5.74) is 0.00524. The summed E-state index contributed by atoms with van der Waals surface area (Å²) in [5.74, 6) is -0.186. The molecule has 5 heteroatoms. The second-order valence-electron chi connectivity index (χ2n) is 4.35. The van der Waals surface area contributed by atoms with Gasteiger partial charge in [0.1, 0.15) is 0 Å². The molecule has 1 rings (SSSR count).